The molecule has 0 fully saturated rings. The summed E-state index contributed by atoms with van der Waals surface area (Å²) in [5.74, 6) is 0. The lowest BCUT2D eigenvalue weighted by molar-refractivity contribution is 0.547. The zero-order valence-electron chi connectivity index (χ0n) is 17.0. The molecule has 152 valence electrons. The molecule has 2 aromatic heterocycles. The fourth-order valence-electron chi connectivity index (χ4n) is 4.06. The molecular formula is C28H17NO3. The molecule has 2 heterocycles. The third kappa shape index (κ3) is 3.01. The van der Waals surface area contributed by atoms with Crippen LogP contribution in [-0.2, 0) is 0 Å². The molecule has 0 bridgehead atoms. The molecule has 0 saturated heterocycles. The van der Waals surface area contributed by atoms with Crippen LogP contribution in [0.2, 0.25) is 0 Å². The molecule has 4 heteroatoms. The van der Waals surface area contributed by atoms with Gasteiger partial charge in [-0.3, -0.25) is 4.79 Å². The van der Waals surface area contributed by atoms with Crippen molar-refractivity contribution in [1.29, 1.82) is 0 Å². The van der Waals surface area contributed by atoms with Gasteiger partial charge in [-0.2, -0.15) is 0 Å². The minimum absolute atomic E-state index is 0.118. The molecule has 0 N–H and O–H groups in total. The van der Waals surface area contributed by atoms with E-state index in [4.69, 9.17) is 8.83 Å². The Morgan fingerprint density at radius 3 is 2.16 bits per heavy atom. The maximum absolute atomic E-state index is 13.5. The minimum atomic E-state index is -0.118. The van der Waals surface area contributed by atoms with Gasteiger partial charge in [0.05, 0.1) is 11.1 Å². The fraction of sp³-hybridized carbons (Fsp3) is 0. The van der Waals surface area contributed by atoms with Crippen molar-refractivity contribution < 1.29 is 8.83 Å². The quantitative estimate of drug-likeness (QED) is 0.237. The van der Waals surface area contributed by atoms with Crippen LogP contribution < -0.4 is 11.0 Å². The first kappa shape index (κ1) is 18.3. The summed E-state index contributed by atoms with van der Waals surface area (Å²) >= 11 is 0. The van der Waals surface area contributed by atoms with Crippen molar-refractivity contribution in [2.75, 3.05) is 0 Å². The van der Waals surface area contributed by atoms with Crippen LogP contribution in [0.3, 0.4) is 0 Å². The first-order valence-electron chi connectivity index (χ1n) is 10.4. The van der Waals surface area contributed by atoms with Crippen molar-refractivity contribution in [2.24, 2.45) is 4.99 Å². The van der Waals surface area contributed by atoms with Crippen LogP contribution >= 0.6 is 0 Å². The van der Waals surface area contributed by atoms with Gasteiger partial charge in [0.25, 0.3) is 0 Å². The summed E-state index contributed by atoms with van der Waals surface area (Å²) in [6, 6.07) is 32.6. The minimum Gasteiger partial charge on any atom is -0.456 e. The number of para-hydroxylation sites is 2. The molecule has 0 unspecified atom stereocenters. The molecule has 0 aliphatic heterocycles. The van der Waals surface area contributed by atoms with Gasteiger partial charge in [0.1, 0.15) is 16.6 Å². The van der Waals surface area contributed by atoms with Crippen LogP contribution in [0, 0.1) is 0 Å². The standard InChI is InChI=1S/C28H17NO3/c30-27-21-13-7-8-14-23(21)31-24-16-15-20-22(18-9-3-1-4-10-18)17-25(32-28(20)26(24)27)29-19-11-5-2-6-12-19/h1-17H. The van der Waals surface area contributed by atoms with Crippen molar-refractivity contribution in [2.45, 2.75) is 0 Å². The maximum atomic E-state index is 13.5. The van der Waals surface area contributed by atoms with Crippen LogP contribution in [0.5, 0.6) is 0 Å². The lowest BCUT2D eigenvalue weighted by atomic mass is 10.00. The summed E-state index contributed by atoms with van der Waals surface area (Å²) in [4.78, 5) is 18.1. The highest BCUT2D eigenvalue weighted by atomic mass is 16.3. The molecule has 0 radical (unpaired) electrons. The van der Waals surface area contributed by atoms with Crippen LogP contribution in [0.4, 0.5) is 5.69 Å². The summed E-state index contributed by atoms with van der Waals surface area (Å²) in [6.45, 7) is 0. The Balaban J connectivity index is 1.79. The Kier molecular flexibility index (Phi) is 4.22. The smallest absolute Gasteiger partial charge is 0.220 e. The number of hydrogen-bond donors (Lipinski definition) is 0. The molecule has 4 nitrogen and oxygen atoms in total. The molecule has 0 amide bonds. The second-order valence-corrected chi connectivity index (χ2v) is 7.55. The molecule has 0 atom stereocenters. The predicted octanol–water partition coefficient (Wildman–Crippen LogP) is 6.59. The third-order valence-electron chi connectivity index (χ3n) is 5.54. The first-order valence-corrected chi connectivity index (χ1v) is 10.4. The molecule has 0 aliphatic carbocycles. The summed E-state index contributed by atoms with van der Waals surface area (Å²) in [6.07, 6.45) is 0. The number of rotatable bonds is 2. The summed E-state index contributed by atoms with van der Waals surface area (Å²) in [5.41, 5.74) is 4.54. The van der Waals surface area contributed by atoms with Gasteiger partial charge in [0, 0.05) is 11.5 Å². The molecular weight excluding hydrogens is 398 g/mol. The van der Waals surface area contributed by atoms with Crippen LogP contribution in [0.25, 0.3) is 44.0 Å². The lowest BCUT2D eigenvalue weighted by Gasteiger charge is -2.09. The second kappa shape index (κ2) is 7.36. The van der Waals surface area contributed by atoms with Crippen LogP contribution in [0.15, 0.2) is 122 Å². The Labute approximate surface area is 182 Å². The number of hydrogen-bond acceptors (Lipinski definition) is 4. The van der Waals surface area contributed by atoms with Crippen LogP contribution in [0.1, 0.15) is 0 Å². The van der Waals surface area contributed by atoms with Crippen molar-refractivity contribution in [3.05, 3.63) is 119 Å². The van der Waals surface area contributed by atoms with E-state index in [1.54, 1.807) is 12.1 Å². The summed E-state index contributed by atoms with van der Waals surface area (Å²) in [5, 5.41) is 1.77. The monoisotopic (exact) mass is 415 g/mol. The fourth-order valence-corrected chi connectivity index (χ4v) is 4.06. The SMILES string of the molecule is O=c1c2ccccc2oc2ccc3c(-c4ccccc4)cc(=Nc4ccccc4)oc3c12. The van der Waals surface area contributed by atoms with E-state index in [1.807, 2.05) is 91.0 Å². The largest absolute Gasteiger partial charge is 0.456 e. The highest BCUT2D eigenvalue weighted by molar-refractivity contribution is 6.09. The van der Waals surface area contributed by atoms with Gasteiger partial charge in [-0.15, -0.1) is 0 Å². The average molecular weight is 415 g/mol. The Morgan fingerprint density at radius 2 is 1.34 bits per heavy atom. The Bertz CT molecular complexity index is 1730. The van der Waals surface area contributed by atoms with Crippen LogP contribution in [-0.4, -0.2) is 0 Å². The predicted molar refractivity (Wildman–Crippen MR) is 127 cm³/mol. The normalized spacial score (nSPS) is 12.1. The maximum Gasteiger partial charge on any atom is 0.220 e. The summed E-state index contributed by atoms with van der Waals surface area (Å²) < 4.78 is 12.3. The van der Waals surface area contributed by atoms with Gasteiger partial charge in [-0.25, -0.2) is 4.99 Å². The van der Waals surface area contributed by atoms with Gasteiger partial charge in [-0.1, -0.05) is 60.7 Å². The van der Waals surface area contributed by atoms with Gasteiger partial charge >= 0.3 is 0 Å². The van der Waals surface area contributed by atoms with E-state index in [1.165, 1.54) is 0 Å². The topological polar surface area (TPSA) is 55.7 Å². The van der Waals surface area contributed by atoms with E-state index in [-0.39, 0.29) is 5.43 Å². The van der Waals surface area contributed by atoms with Gasteiger partial charge in [-0.05, 0) is 47.5 Å². The van der Waals surface area contributed by atoms with E-state index >= 15 is 0 Å². The highest BCUT2D eigenvalue weighted by Gasteiger charge is 2.16. The third-order valence-corrected chi connectivity index (χ3v) is 5.54. The van der Waals surface area contributed by atoms with E-state index in [2.05, 4.69) is 4.99 Å². The first-order chi connectivity index (χ1) is 15.8. The Hall–Kier alpha value is -4.44. The highest BCUT2D eigenvalue weighted by Crippen LogP contribution is 2.32. The van der Waals surface area contributed by atoms with Gasteiger partial charge in [0.2, 0.25) is 11.0 Å². The molecule has 6 aromatic rings. The molecule has 0 aliphatic rings. The molecule has 0 spiro atoms. The van der Waals surface area contributed by atoms with E-state index in [0.29, 0.717) is 33.1 Å². The number of nitrogens with zero attached hydrogens (tertiary/aromatic N) is 1. The van der Waals surface area contributed by atoms with Gasteiger partial charge in [0.15, 0.2) is 5.58 Å². The van der Waals surface area contributed by atoms with Crippen molar-refractivity contribution in [1.82, 2.24) is 0 Å². The Morgan fingerprint density at radius 1 is 0.625 bits per heavy atom. The number of fused-ring (bicyclic) bond motifs is 4. The average Bonchev–Trinajstić information content (AvgIpc) is 2.84. The van der Waals surface area contributed by atoms with Crippen molar-refractivity contribution >= 4 is 38.6 Å². The molecule has 6 rings (SSSR count). The molecule has 32 heavy (non-hydrogen) atoms. The summed E-state index contributed by atoms with van der Waals surface area (Å²) in [7, 11) is 0. The van der Waals surface area contributed by atoms with Crippen molar-refractivity contribution in [3.8, 4) is 11.1 Å². The van der Waals surface area contributed by atoms with E-state index in [9.17, 15) is 4.79 Å². The number of benzene rings is 4. The second-order valence-electron chi connectivity index (χ2n) is 7.55. The zero-order valence-corrected chi connectivity index (χ0v) is 17.0. The van der Waals surface area contributed by atoms with E-state index < -0.39 is 0 Å². The van der Waals surface area contributed by atoms with Crippen molar-refractivity contribution in [3.63, 3.8) is 0 Å². The molecule has 4 aromatic carbocycles. The zero-order chi connectivity index (χ0) is 21.5. The van der Waals surface area contributed by atoms with E-state index in [0.717, 1.165) is 22.2 Å². The van der Waals surface area contributed by atoms with Gasteiger partial charge < -0.3 is 8.83 Å². The molecule has 0 saturated carbocycles. The lowest BCUT2D eigenvalue weighted by Crippen LogP contribution is -2.06.